The number of amides is 1. The molecule has 0 N–H and O–H groups in total. The first kappa shape index (κ1) is 20.3. The first-order valence-electron chi connectivity index (χ1n) is 9.08. The average molecular weight is 419 g/mol. The summed E-state index contributed by atoms with van der Waals surface area (Å²) in [5, 5.41) is 0. The summed E-state index contributed by atoms with van der Waals surface area (Å²) in [6.07, 6.45) is 0. The van der Waals surface area contributed by atoms with Crippen LogP contribution in [0.3, 0.4) is 0 Å². The smallest absolute Gasteiger partial charge is 0.279 e. The number of hydrogen-bond donors (Lipinski definition) is 0. The molecular formula is C20H22N2O4S2. The van der Waals surface area contributed by atoms with Gasteiger partial charge in [0, 0.05) is 12.1 Å². The van der Waals surface area contributed by atoms with Gasteiger partial charge in [-0.1, -0.05) is 30.4 Å². The molecule has 1 heterocycles. The molecule has 0 atom stereocenters. The number of carbonyl (C=O) groups is 1. The molecule has 3 aromatic rings. The van der Waals surface area contributed by atoms with Gasteiger partial charge >= 0.3 is 0 Å². The molecule has 0 spiro atoms. The van der Waals surface area contributed by atoms with Gasteiger partial charge < -0.3 is 9.30 Å². The zero-order valence-electron chi connectivity index (χ0n) is 16.0. The highest BCUT2D eigenvalue weighted by molar-refractivity contribution is 7.91. The molecule has 0 unspecified atom stereocenters. The van der Waals surface area contributed by atoms with Gasteiger partial charge in [-0.05, 0) is 44.2 Å². The number of rotatable bonds is 6. The highest BCUT2D eigenvalue weighted by Crippen LogP contribution is 2.27. The fraction of sp³-hybridized carbons (Fsp3) is 0.300. The minimum Gasteiger partial charge on any atom is -0.492 e. The molecular weight excluding hydrogens is 396 g/mol. The summed E-state index contributed by atoms with van der Waals surface area (Å²) in [5.74, 6) is 0.261. The second-order valence-corrected chi connectivity index (χ2v) is 9.30. The predicted octanol–water partition coefficient (Wildman–Crippen LogP) is 3.66. The Morgan fingerprint density at radius 1 is 1.14 bits per heavy atom. The second kappa shape index (κ2) is 8.28. The van der Waals surface area contributed by atoms with E-state index in [1.807, 2.05) is 36.6 Å². The third-order valence-electron chi connectivity index (χ3n) is 4.30. The lowest BCUT2D eigenvalue weighted by atomic mass is 10.2. The second-order valence-electron chi connectivity index (χ2n) is 6.01. The van der Waals surface area contributed by atoms with Gasteiger partial charge in [0.05, 0.1) is 22.0 Å². The number of sulfone groups is 1. The molecule has 0 saturated carbocycles. The number of ether oxygens (including phenoxy) is 1. The predicted molar refractivity (Wildman–Crippen MR) is 111 cm³/mol. The van der Waals surface area contributed by atoms with Gasteiger partial charge in [0.1, 0.15) is 11.3 Å². The maximum Gasteiger partial charge on any atom is 0.279 e. The largest absolute Gasteiger partial charge is 0.492 e. The summed E-state index contributed by atoms with van der Waals surface area (Å²) in [6.45, 7) is 6.65. The van der Waals surface area contributed by atoms with E-state index < -0.39 is 15.7 Å². The maximum atomic E-state index is 12.7. The first-order chi connectivity index (χ1) is 13.4. The summed E-state index contributed by atoms with van der Waals surface area (Å²) in [6, 6.07) is 11.8. The first-order valence-corrected chi connectivity index (χ1v) is 11.5. The molecule has 6 nitrogen and oxygen atoms in total. The van der Waals surface area contributed by atoms with Crippen LogP contribution < -0.4 is 9.54 Å². The molecule has 0 aliphatic carbocycles. The van der Waals surface area contributed by atoms with Crippen LogP contribution in [0, 0.1) is 0 Å². The summed E-state index contributed by atoms with van der Waals surface area (Å²) >= 11 is 1.40. The van der Waals surface area contributed by atoms with Crippen molar-refractivity contribution >= 4 is 37.3 Å². The Kier molecular flexibility index (Phi) is 6.00. The molecule has 8 heteroatoms. The molecule has 0 bridgehead atoms. The van der Waals surface area contributed by atoms with E-state index in [1.165, 1.54) is 23.5 Å². The van der Waals surface area contributed by atoms with Crippen molar-refractivity contribution in [2.24, 2.45) is 4.99 Å². The van der Waals surface area contributed by atoms with Crippen molar-refractivity contribution < 1.29 is 17.9 Å². The Hall–Kier alpha value is -2.45. The molecule has 0 aliphatic rings. The molecule has 0 aliphatic heterocycles. The Morgan fingerprint density at radius 3 is 2.57 bits per heavy atom. The molecule has 1 aromatic heterocycles. The van der Waals surface area contributed by atoms with E-state index >= 15 is 0 Å². The highest BCUT2D eigenvalue weighted by atomic mass is 32.2. The maximum absolute atomic E-state index is 12.7. The van der Waals surface area contributed by atoms with Crippen LogP contribution in [0.2, 0.25) is 0 Å². The molecule has 3 rings (SSSR count). The number of nitrogens with zero attached hydrogens (tertiary/aromatic N) is 2. The van der Waals surface area contributed by atoms with Gasteiger partial charge in [-0.3, -0.25) is 4.79 Å². The van der Waals surface area contributed by atoms with Crippen molar-refractivity contribution in [3.8, 4) is 5.75 Å². The van der Waals surface area contributed by atoms with Gasteiger partial charge in [0.2, 0.25) is 0 Å². The van der Waals surface area contributed by atoms with E-state index in [0.29, 0.717) is 18.0 Å². The molecule has 148 valence electrons. The molecule has 2 aromatic carbocycles. The Bertz CT molecular complexity index is 1190. The highest BCUT2D eigenvalue weighted by Gasteiger charge is 2.15. The van der Waals surface area contributed by atoms with Crippen LogP contribution in [-0.4, -0.2) is 31.3 Å². The third kappa shape index (κ3) is 3.88. The van der Waals surface area contributed by atoms with Crippen LogP contribution in [0.4, 0.5) is 0 Å². The van der Waals surface area contributed by atoms with Crippen LogP contribution in [0.15, 0.2) is 52.4 Å². The number of benzene rings is 2. The van der Waals surface area contributed by atoms with Gasteiger partial charge in [-0.2, -0.15) is 4.99 Å². The fourth-order valence-corrected chi connectivity index (χ4v) is 4.92. The van der Waals surface area contributed by atoms with Crippen molar-refractivity contribution in [2.45, 2.75) is 32.2 Å². The van der Waals surface area contributed by atoms with Crippen molar-refractivity contribution in [2.75, 3.05) is 12.4 Å². The van der Waals surface area contributed by atoms with Crippen molar-refractivity contribution in [1.29, 1.82) is 0 Å². The number of carbonyl (C=O) groups excluding carboxylic acids is 1. The van der Waals surface area contributed by atoms with Crippen LogP contribution in [0.1, 0.15) is 31.1 Å². The SMILES string of the molecule is CCOc1cccc2sc(=NC(=O)c3cccc(S(=O)(=O)CC)c3)n(CC)c12. The summed E-state index contributed by atoms with van der Waals surface area (Å²) in [5.41, 5.74) is 1.16. The number of aryl methyl sites for hydroxylation is 1. The topological polar surface area (TPSA) is 77.7 Å². The number of thiazole rings is 1. The lowest BCUT2D eigenvalue weighted by Gasteiger charge is -2.07. The number of hydrogen-bond acceptors (Lipinski definition) is 5. The molecule has 1 amide bonds. The van der Waals surface area contributed by atoms with E-state index in [4.69, 9.17) is 4.74 Å². The minimum absolute atomic E-state index is 0.0197. The van der Waals surface area contributed by atoms with Gasteiger partial charge in [0.25, 0.3) is 5.91 Å². The molecule has 28 heavy (non-hydrogen) atoms. The van der Waals surface area contributed by atoms with E-state index in [1.54, 1.807) is 19.1 Å². The van der Waals surface area contributed by atoms with Gasteiger partial charge in [0.15, 0.2) is 14.6 Å². The van der Waals surface area contributed by atoms with Gasteiger partial charge in [-0.15, -0.1) is 0 Å². The minimum atomic E-state index is -3.39. The van der Waals surface area contributed by atoms with Crippen LogP contribution in [0.25, 0.3) is 10.2 Å². The van der Waals surface area contributed by atoms with Crippen molar-refractivity contribution in [3.63, 3.8) is 0 Å². The zero-order valence-corrected chi connectivity index (χ0v) is 17.6. The number of aromatic nitrogens is 1. The molecule has 0 radical (unpaired) electrons. The lowest BCUT2D eigenvalue weighted by molar-refractivity contribution is 0.0997. The van der Waals surface area contributed by atoms with E-state index in [-0.39, 0.29) is 16.2 Å². The van der Waals surface area contributed by atoms with Crippen LogP contribution >= 0.6 is 11.3 Å². The average Bonchev–Trinajstić information content (AvgIpc) is 3.06. The van der Waals surface area contributed by atoms with E-state index in [0.717, 1.165) is 16.0 Å². The number of para-hydroxylation sites is 1. The third-order valence-corrected chi connectivity index (χ3v) is 7.07. The fourth-order valence-electron chi connectivity index (χ4n) is 2.89. The van der Waals surface area contributed by atoms with Crippen LogP contribution in [0.5, 0.6) is 5.75 Å². The molecule has 0 fully saturated rings. The molecule has 0 saturated heterocycles. The van der Waals surface area contributed by atoms with Crippen molar-refractivity contribution in [1.82, 2.24) is 4.57 Å². The monoisotopic (exact) mass is 418 g/mol. The quantitative estimate of drug-likeness (QED) is 0.612. The summed E-state index contributed by atoms with van der Waals surface area (Å²) in [7, 11) is -3.39. The van der Waals surface area contributed by atoms with E-state index in [9.17, 15) is 13.2 Å². The van der Waals surface area contributed by atoms with E-state index in [2.05, 4.69) is 4.99 Å². The van der Waals surface area contributed by atoms with Crippen LogP contribution in [-0.2, 0) is 16.4 Å². The lowest BCUT2D eigenvalue weighted by Crippen LogP contribution is -2.16. The zero-order chi connectivity index (χ0) is 20.3. The Labute approximate surface area is 168 Å². The summed E-state index contributed by atoms with van der Waals surface area (Å²) in [4.78, 5) is 17.7. The Balaban J connectivity index is 2.12. The van der Waals surface area contributed by atoms with Crippen molar-refractivity contribution in [3.05, 3.63) is 52.8 Å². The summed E-state index contributed by atoms with van der Waals surface area (Å²) < 4.78 is 32.8. The standard InChI is InChI=1S/C20H22N2O4S2/c1-4-22-18-16(26-5-2)11-8-12-17(18)27-20(22)21-19(23)14-9-7-10-15(13-14)28(24,25)6-3/h7-13H,4-6H2,1-3H3. The normalized spacial score (nSPS) is 12.5. The Morgan fingerprint density at radius 2 is 1.89 bits per heavy atom. The van der Waals surface area contributed by atoms with Gasteiger partial charge in [-0.25, -0.2) is 8.42 Å². The number of fused-ring (bicyclic) bond motifs is 1.